The van der Waals surface area contributed by atoms with E-state index in [-0.39, 0.29) is 5.76 Å². The van der Waals surface area contributed by atoms with Crippen LogP contribution in [0.1, 0.15) is 24.5 Å². The Labute approximate surface area is 131 Å². The predicted octanol–water partition coefficient (Wildman–Crippen LogP) is 4.82. The van der Waals surface area contributed by atoms with Gasteiger partial charge in [-0.3, -0.25) is 0 Å². The van der Waals surface area contributed by atoms with Gasteiger partial charge in [0.25, 0.3) is 0 Å². The summed E-state index contributed by atoms with van der Waals surface area (Å²) in [5.41, 5.74) is 3.82. The molecule has 3 heteroatoms. The highest BCUT2D eigenvalue weighted by atomic mass is 16.5. The minimum Gasteiger partial charge on any atom is -0.508 e. The summed E-state index contributed by atoms with van der Waals surface area (Å²) in [7, 11) is 1.62. The van der Waals surface area contributed by atoms with E-state index in [4.69, 9.17) is 9.47 Å². The Morgan fingerprint density at radius 1 is 1.14 bits per heavy atom. The second-order valence-corrected chi connectivity index (χ2v) is 5.07. The maximum Gasteiger partial charge on any atom is 0.127 e. The summed E-state index contributed by atoms with van der Waals surface area (Å²) in [6.07, 6.45) is 0.999. The van der Waals surface area contributed by atoms with E-state index in [2.05, 4.69) is 25.6 Å². The lowest BCUT2D eigenvalue weighted by Crippen LogP contribution is -1.98. The second kappa shape index (κ2) is 7.66. The van der Waals surface area contributed by atoms with Crippen LogP contribution in [0.4, 0.5) is 0 Å². The summed E-state index contributed by atoms with van der Waals surface area (Å²) >= 11 is 0. The summed E-state index contributed by atoms with van der Waals surface area (Å²) in [6, 6.07) is 13.7. The molecule has 2 aromatic rings. The van der Waals surface area contributed by atoms with Gasteiger partial charge in [0.2, 0.25) is 0 Å². The minimum absolute atomic E-state index is 0.0319. The monoisotopic (exact) mass is 298 g/mol. The van der Waals surface area contributed by atoms with Crippen molar-refractivity contribution in [1.29, 1.82) is 0 Å². The molecule has 0 bridgehead atoms. The Balaban J connectivity index is 2.41. The average molecular weight is 298 g/mol. The van der Waals surface area contributed by atoms with Crippen LogP contribution in [0.3, 0.4) is 0 Å². The lowest BCUT2D eigenvalue weighted by atomic mass is 9.97. The maximum atomic E-state index is 9.53. The molecule has 0 fully saturated rings. The van der Waals surface area contributed by atoms with Crippen LogP contribution in [0.2, 0.25) is 0 Å². The molecule has 0 radical (unpaired) electrons. The van der Waals surface area contributed by atoms with Gasteiger partial charge in [-0.2, -0.15) is 0 Å². The molecule has 0 aromatic heterocycles. The number of ether oxygens (including phenoxy) is 2. The van der Waals surface area contributed by atoms with Crippen molar-refractivity contribution in [2.24, 2.45) is 0 Å². The highest BCUT2D eigenvalue weighted by Gasteiger charge is 2.11. The number of hydrogen-bond donors (Lipinski definition) is 1. The third-order valence-corrected chi connectivity index (χ3v) is 3.45. The quantitative estimate of drug-likeness (QED) is 0.588. The molecule has 0 aliphatic carbocycles. The van der Waals surface area contributed by atoms with E-state index >= 15 is 0 Å². The molecule has 22 heavy (non-hydrogen) atoms. The molecule has 0 atom stereocenters. The smallest absolute Gasteiger partial charge is 0.127 e. The molecular weight excluding hydrogens is 276 g/mol. The first kappa shape index (κ1) is 16.1. The molecule has 3 nitrogen and oxygen atoms in total. The number of methoxy groups -OCH3 is 1. The molecule has 116 valence electrons. The first-order valence-corrected chi connectivity index (χ1v) is 7.39. The van der Waals surface area contributed by atoms with E-state index in [1.165, 1.54) is 0 Å². The van der Waals surface area contributed by atoms with E-state index in [1.54, 1.807) is 13.2 Å². The van der Waals surface area contributed by atoms with Crippen molar-refractivity contribution in [1.82, 2.24) is 0 Å². The van der Waals surface area contributed by atoms with Crippen molar-refractivity contribution in [2.75, 3.05) is 13.7 Å². The Morgan fingerprint density at radius 2 is 1.91 bits per heavy atom. The Kier molecular flexibility index (Phi) is 5.61. The zero-order valence-electron chi connectivity index (χ0n) is 13.1. The van der Waals surface area contributed by atoms with Crippen molar-refractivity contribution >= 4 is 5.76 Å². The average Bonchev–Trinajstić information content (AvgIpc) is 2.55. The first-order chi connectivity index (χ1) is 10.7. The van der Waals surface area contributed by atoms with E-state index in [9.17, 15) is 5.11 Å². The van der Waals surface area contributed by atoms with Gasteiger partial charge >= 0.3 is 0 Å². The zero-order chi connectivity index (χ0) is 15.9. The van der Waals surface area contributed by atoms with Gasteiger partial charge < -0.3 is 14.6 Å². The van der Waals surface area contributed by atoms with Crippen LogP contribution in [-0.2, 0) is 11.3 Å². The van der Waals surface area contributed by atoms with Gasteiger partial charge in [0.15, 0.2) is 0 Å². The number of benzene rings is 2. The van der Waals surface area contributed by atoms with Gasteiger partial charge in [0.1, 0.15) is 11.5 Å². The predicted molar refractivity (Wildman–Crippen MR) is 90.0 cm³/mol. The van der Waals surface area contributed by atoms with Crippen LogP contribution in [0.15, 0.2) is 49.0 Å². The van der Waals surface area contributed by atoms with Gasteiger partial charge in [0.05, 0.1) is 13.7 Å². The number of aliphatic hydroxyl groups is 1. The molecular formula is C19H22O3. The largest absolute Gasteiger partial charge is 0.508 e. The fourth-order valence-electron chi connectivity index (χ4n) is 2.33. The van der Waals surface area contributed by atoms with Gasteiger partial charge in [-0.05, 0) is 29.7 Å². The summed E-state index contributed by atoms with van der Waals surface area (Å²) < 4.78 is 11.1. The topological polar surface area (TPSA) is 38.7 Å². The van der Waals surface area contributed by atoms with Crippen LogP contribution in [-0.4, -0.2) is 18.8 Å². The Bertz CT molecular complexity index is 647. The zero-order valence-corrected chi connectivity index (χ0v) is 13.1. The summed E-state index contributed by atoms with van der Waals surface area (Å²) in [5.74, 6) is 0.736. The van der Waals surface area contributed by atoms with Gasteiger partial charge in [-0.1, -0.05) is 43.8 Å². The van der Waals surface area contributed by atoms with Gasteiger partial charge in [0, 0.05) is 17.7 Å². The second-order valence-electron chi connectivity index (χ2n) is 5.07. The molecule has 0 aliphatic heterocycles. The number of aliphatic hydroxyl groups excluding tert-OH is 1. The first-order valence-electron chi connectivity index (χ1n) is 7.39. The maximum absolute atomic E-state index is 9.53. The summed E-state index contributed by atoms with van der Waals surface area (Å²) in [4.78, 5) is 0. The molecule has 0 amide bonds. The van der Waals surface area contributed by atoms with Crippen LogP contribution in [0.25, 0.3) is 16.9 Å². The van der Waals surface area contributed by atoms with E-state index < -0.39 is 0 Å². The van der Waals surface area contributed by atoms with Crippen LogP contribution in [0.5, 0.6) is 5.75 Å². The summed E-state index contributed by atoms with van der Waals surface area (Å²) in [5, 5.41) is 9.53. The van der Waals surface area contributed by atoms with E-state index in [0.29, 0.717) is 17.9 Å². The molecule has 0 saturated carbocycles. The SMILES string of the molecule is C=C(O)c1ccc(-c2ccccc2COCCC)c(OC)c1. The van der Waals surface area contributed by atoms with Gasteiger partial charge in [-0.15, -0.1) is 0 Å². The molecule has 2 aromatic carbocycles. The minimum atomic E-state index is 0.0319. The van der Waals surface area contributed by atoms with Crippen molar-refractivity contribution in [3.63, 3.8) is 0 Å². The Hall–Kier alpha value is -2.26. The molecule has 0 heterocycles. The van der Waals surface area contributed by atoms with Crippen LogP contribution < -0.4 is 4.74 Å². The third-order valence-electron chi connectivity index (χ3n) is 3.45. The number of hydrogen-bond acceptors (Lipinski definition) is 3. The fourth-order valence-corrected chi connectivity index (χ4v) is 2.33. The van der Waals surface area contributed by atoms with Gasteiger partial charge in [-0.25, -0.2) is 0 Å². The Morgan fingerprint density at radius 3 is 2.59 bits per heavy atom. The molecule has 1 N–H and O–H groups in total. The van der Waals surface area contributed by atoms with Crippen LogP contribution >= 0.6 is 0 Å². The fraction of sp³-hybridized carbons (Fsp3) is 0.263. The standard InChI is InChI=1S/C19H22O3/c1-4-11-22-13-16-7-5-6-8-17(16)18-10-9-15(14(2)20)12-19(18)21-3/h5-10,12,20H,2,4,11,13H2,1,3H3. The number of rotatable bonds is 7. The highest BCUT2D eigenvalue weighted by Crippen LogP contribution is 2.34. The summed E-state index contributed by atoms with van der Waals surface area (Å²) in [6.45, 7) is 6.96. The highest BCUT2D eigenvalue weighted by molar-refractivity contribution is 5.76. The molecule has 0 saturated heterocycles. The van der Waals surface area contributed by atoms with Crippen molar-refractivity contribution in [3.05, 3.63) is 60.2 Å². The van der Waals surface area contributed by atoms with Crippen molar-refractivity contribution in [3.8, 4) is 16.9 Å². The van der Waals surface area contributed by atoms with Crippen molar-refractivity contribution < 1.29 is 14.6 Å². The molecule has 2 rings (SSSR count). The van der Waals surface area contributed by atoms with Crippen molar-refractivity contribution in [2.45, 2.75) is 20.0 Å². The lowest BCUT2D eigenvalue weighted by Gasteiger charge is -2.14. The molecule has 0 spiro atoms. The normalized spacial score (nSPS) is 10.5. The third kappa shape index (κ3) is 3.68. The van der Waals surface area contributed by atoms with E-state index in [1.807, 2.05) is 24.3 Å². The lowest BCUT2D eigenvalue weighted by molar-refractivity contribution is 0.122. The van der Waals surface area contributed by atoms with Crippen LogP contribution in [0, 0.1) is 0 Å². The molecule has 0 aliphatic rings. The molecule has 0 unspecified atom stereocenters. The van der Waals surface area contributed by atoms with E-state index in [0.717, 1.165) is 29.7 Å².